The second-order valence-electron chi connectivity index (χ2n) is 4.36. The van der Waals surface area contributed by atoms with E-state index in [4.69, 9.17) is 16.3 Å². The van der Waals surface area contributed by atoms with Crippen LogP contribution in [-0.4, -0.2) is 43.4 Å². The summed E-state index contributed by atoms with van der Waals surface area (Å²) in [6.07, 6.45) is 2.22. The molecule has 0 spiro atoms. The molecule has 0 unspecified atom stereocenters. The van der Waals surface area contributed by atoms with E-state index >= 15 is 0 Å². The Bertz CT molecular complexity index is 579. The Kier molecular flexibility index (Phi) is 5.00. The summed E-state index contributed by atoms with van der Waals surface area (Å²) >= 11 is 6.60. The number of hydrogen-bond acceptors (Lipinski definition) is 6. The average Bonchev–Trinajstić information content (AvgIpc) is 2.86. The number of nitrogens with zero attached hydrogens (tertiary/aromatic N) is 2. The molecule has 1 aliphatic rings. The lowest BCUT2D eigenvalue weighted by Crippen LogP contribution is -2.40. The molecule has 0 bridgehead atoms. The molecule has 9 heteroatoms. The summed E-state index contributed by atoms with van der Waals surface area (Å²) in [6.45, 7) is 2.71. The van der Waals surface area contributed by atoms with E-state index in [1.54, 1.807) is 6.92 Å². The SMILES string of the molecule is CCOC(=O)C1CCN(S(=O)(=O)c2cnc(Cl)s2)CC1. The minimum Gasteiger partial charge on any atom is -0.466 e. The third kappa shape index (κ3) is 3.30. The van der Waals surface area contributed by atoms with Crippen molar-refractivity contribution in [2.24, 2.45) is 5.92 Å². The van der Waals surface area contributed by atoms with Gasteiger partial charge in [0, 0.05) is 13.1 Å². The Morgan fingerprint density at radius 3 is 2.70 bits per heavy atom. The number of ether oxygens (including phenoxy) is 1. The zero-order valence-corrected chi connectivity index (χ0v) is 13.3. The van der Waals surface area contributed by atoms with Crippen LogP contribution in [0.15, 0.2) is 10.4 Å². The molecule has 2 heterocycles. The molecule has 1 aromatic heterocycles. The number of aromatic nitrogens is 1. The third-order valence-electron chi connectivity index (χ3n) is 3.12. The Balaban J connectivity index is 2.02. The van der Waals surface area contributed by atoms with Gasteiger partial charge < -0.3 is 4.74 Å². The molecule has 0 saturated carbocycles. The van der Waals surface area contributed by atoms with Crippen LogP contribution >= 0.6 is 22.9 Å². The molecule has 1 aromatic rings. The van der Waals surface area contributed by atoms with E-state index in [9.17, 15) is 13.2 Å². The van der Waals surface area contributed by atoms with Gasteiger partial charge in [-0.25, -0.2) is 13.4 Å². The molecule has 112 valence electrons. The summed E-state index contributed by atoms with van der Waals surface area (Å²) in [6, 6.07) is 0. The van der Waals surface area contributed by atoms with Gasteiger partial charge >= 0.3 is 5.97 Å². The van der Waals surface area contributed by atoms with Crippen molar-refractivity contribution in [3.8, 4) is 0 Å². The Morgan fingerprint density at radius 1 is 1.55 bits per heavy atom. The highest BCUT2D eigenvalue weighted by Crippen LogP contribution is 2.29. The van der Waals surface area contributed by atoms with Crippen LogP contribution in [0.3, 0.4) is 0 Å². The van der Waals surface area contributed by atoms with Gasteiger partial charge in [0.15, 0.2) is 8.68 Å². The minimum atomic E-state index is -3.55. The topological polar surface area (TPSA) is 76.6 Å². The molecule has 0 N–H and O–H groups in total. The van der Waals surface area contributed by atoms with Crippen molar-refractivity contribution < 1.29 is 17.9 Å². The van der Waals surface area contributed by atoms with Crippen molar-refractivity contribution in [2.75, 3.05) is 19.7 Å². The van der Waals surface area contributed by atoms with E-state index in [0.29, 0.717) is 32.5 Å². The van der Waals surface area contributed by atoms with E-state index < -0.39 is 10.0 Å². The number of piperidine rings is 1. The number of sulfonamides is 1. The van der Waals surface area contributed by atoms with Crippen LogP contribution in [0.25, 0.3) is 0 Å². The van der Waals surface area contributed by atoms with Crippen LogP contribution < -0.4 is 0 Å². The van der Waals surface area contributed by atoms with Crippen molar-refractivity contribution >= 4 is 38.9 Å². The van der Waals surface area contributed by atoms with Gasteiger partial charge in [-0.05, 0) is 19.8 Å². The molecule has 0 radical (unpaired) electrons. The van der Waals surface area contributed by atoms with Crippen LogP contribution in [-0.2, 0) is 19.6 Å². The van der Waals surface area contributed by atoms with E-state index in [-0.39, 0.29) is 20.6 Å². The fraction of sp³-hybridized carbons (Fsp3) is 0.636. The van der Waals surface area contributed by atoms with Gasteiger partial charge in [-0.1, -0.05) is 22.9 Å². The lowest BCUT2D eigenvalue weighted by molar-refractivity contribution is -0.149. The van der Waals surface area contributed by atoms with Crippen molar-refractivity contribution in [2.45, 2.75) is 24.0 Å². The predicted molar refractivity (Wildman–Crippen MR) is 75.2 cm³/mol. The predicted octanol–water partition coefficient (Wildman–Crippen LogP) is 1.76. The number of halogens is 1. The Labute approximate surface area is 126 Å². The van der Waals surface area contributed by atoms with Crippen LogP contribution in [0.1, 0.15) is 19.8 Å². The number of rotatable bonds is 4. The Hall–Kier alpha value is -0.700. The molecule has 1 saturated heterocycles. The summed E-state index contributed by atoms with van der Waals surface area (Å²) in [5, 5.41) is 0. The first-order valence-electron chi connectivity index (χ1n) is 6.23. The molecule has 1 aliphatic heterocycles. The van der Waals surface area contributed by atoms with Crippen molar-refractivity contribution in [3.05, 3.63) is 10.7 Å². The van der Waals surface area contributed by atoms with Crippen molar-refractivity contribution in [1.29, 1.82) is 0 Å². The first kappa shape index (κ1) is 15.7. The highest BCUT2D eigenvalue weighted by Gasteiger charge is 2.33. The van der Waals surface area contributed by atoms with E-state index in [0.717, 1.165) is 11.3 Å². The van der Waals surface area contributed by atoms with Crippen molar-refractivity contribution in [1.82, 2.24) is 9.29 Å². The molecule has 6 nitrogen and oxygen atoms in total. The molecule has 1 fully saturated rings. The standard InChI is InChI=1S/C11H15ClN2O4S2/c1-2-18-10(15)8-3-5-14(6-4-8)20(16,17)9-7-13-11(12)19-9/h7-8H,2-6H2,1H3. The molecular weight excluding hydrogens is 324 g/mol. The molecule has 0 aliphatic carbocycles. The summed E-state index contributed by atoms with van der Waals surface area (Å²) in [5.74, 6) is -0.461. The largest absolute Gasteiger partial charge is 0.466 e. The number of carbonyl (C=O) groups is 1. The monoisotopic (exact) mass is 338 g/mol. The van der Waals surface area contributed by atoms with E-state index in [1.165, 1.54) is 10.5 Å². The van der Waals surface area contributed by atoms with Crippen molar-refractivity contribution in [3.63, 3.8) is 0 Å². The maximum atomic E-state index is 12.3. The summed E-state index contributed by atoms with van der Waals surface area (Å²) in [4.78, 5) is 15.4. The van der Waals surface area contributed by atoms with Gasteiger partial charge in [-0.2, -0.15) is 4.31 Å². The zero-order chi connectivity index (χ0) is 14.8. The van der Waals surface area contributed by atoms with Gasteiger partial charge in [0.25, 0.3) is 10.0 Å². The van der Waals surface area contributed by atoms with E-state index in [2.05, 4.69) is 4.98 Å². The summed E-state index contributed by atoms with van der Waals surface area (Å²) in [5.41, 5.74) is 0. The maximum absolute atomic E-state index is 12.3. The first-order chi connectivity index (χ1) is 9.45. The molecule has 0 atom stereocenters. The zero-order valence-electron chi connectivity index (χ0n) is 10.9. The van der Waals surface area contributed by atoms with Gasteiger partial charge in [0.05, 0.1) is 18.7 Å². The molecular formula is C11H15ClN2O4S2. The van der Waals surface area contributed by atoms with Gasteiger partial charge in [0.2, 0.25) is 0 Å². The van der Waals surface area contributed by atoms with Crippen LogP contribution in [0.5, 0.6) is 0 Å². The molecule has 20 heavy (non-hydrogen) atoms. The quantitative estimate of drug-likeness (QED) is 0.782. The van der Waals surface area contributed by atoms with Gasteiger partial charge in [-0.3, -0.25) is 4.79 Å². The average molecular weight is 339 g/mol. The highest BCUT2D eigenvalue weighted by molar-refractivity contribution is 7.91. The lowest BCUT2D eigenvalue weighted by atomic mass is 9.98. The Morgan fingerprint density at radius 2 is 2.20 bits per heavy atom. The normalized spacial score (nSPS) is 18.1. The summed E-state index contributed by atoms with van der Waals surface area (Å²) in [7, 11) is -3.55. The highest BCUT2D eigenvalue weighted by atomic mass is 35.5. The lowest BCUT2D eigenvalue weighted by Gasteiger charge is -2.29. The van der Waals surface area contributed by atoms with Crippen LogP contribution in [0.2, 0.25) is 4.47 Å². The van der Waals surface area contributed by atoms with Gasteiger partial charge in [0.1, 0.15) is 0 Å². The van der Waals surface area contributed by atoms with E-state index in [1.807, 2.05) is 0 Å². The number of hydrogen-bond donors (Lipinski definition) is 0. The summed E-state index contributed by atoms with van der Waals surface area (Å²) < 4.78 is 31.3. The smallest absolute Gasteiger partial charge is 0.309 e. The molecule has 0 amide bonds. The fourth-order valence-corrected chi connectivity index (χ4v) is 5.00. The fourth-order valence-electron chi connectivity index (χ4n) is 2.08. The number of thiazole rings is 1. The number of carbonyl (C=O) groups excluding carboxylic acids is 1. The maximum Gasteiger partial charge on any atom is 0.309 e. The second-order valence-corrected chi connectivity index (χ2v) is 8.14. The van der Waals surface area contributed by atoms with Gasteiger partial charge in [-0.15, -0.1) is 0 Å². The van der Waals surface area contributed by atoms with Crippen LogP contribution in [0.4, 0.5) is 0 Å². The molecule has 0 aromatic carbocycles. The second kappa shape index (κ2) is 6.38. The van der Waals surface area contributed by atoms with Crippen LogP contribution in [0, 0.1) is 5.92 Å². The number of esters is 1. The molecule has 2 rings (SSSR count). The first-order valence-corrected chi connectivity index (χ1v) is 8.86. The minimum absolute atomic E-state index is 0.136. The third-order valence-corrected chi connectivity index (χ3v) is 6.57.